The minimum absolute atomic E-state index is 0.117. The molecular formula is C22H21ClF2N4O3. The quantitative estimate of drug-likeness (QED) is 0.583. The summed E-state index contributed by atoms with van der Waals surface area (Å²) in [6.45, 7) is 1.28. The zero-order valence-corrected chi connectivity index (χ0v) is 17.8. The minimum Gasteiger partial charge on any atom is -0.440 e. The number of oxazole rings is 1. The van der Waals surface area contributed by atoms with Gasteiger partial charge in [0.15, 0.2) is 23.1 Å². The summed E-state index contributed by atoms with van der Waals surface area (Å²) >= 11 is 6.00. The summed E-state index contributed by atoms with van der Waals surface area (Å²) in [6.07, 6.45) is 1.59. The van der Waals surface area contributed by atoms with E-state index in [0.29, 0.717) is 29.6 Å². The maximum atomic E-state index is 13.2. The Morgan fingerprint density at radius 1 is 1.09 bits per heavy atom. The monoisotopic (exact) mass is 462 g/mol. The number of benzene rings is 2. The van der Waals surface area contributed by atoms with Gasteiger partial charge in [0.2, 0.25) is 11.8 Å². The van der Waals surface area contributed by atoms with Crippen LogP contribution >= 0.6 is 11.6 Å². The molecular weight excluding hydrogens is 442 g/mol. The number of aromatic nitrogens is 1. The van der Waals surface area contributed by atoms with Crippen LogP contribution in [0.2, 0.25) is 5.02 Å². The molecule has 2 amide bonds. The minimum atomic E-state index is -1.06. The van der Waals surface area contributed by atoms with Gasteiger partial charge in [0.1, 0.15) is 5.52 Å². The van der Waals surface area contributed by atoms with Crippen molar-refractivity contribution in [2.45, 2.75) is 18.8 Å². The van der Waals surface area contributed by atoms with Gasteiger partial charge in [0, 0.05) is 22.7 Å². The molecule has 1 saturated heterocycles. The Balaban J connectivity index is 1.21. The highest BCUT2D eigenvalue weighted by Crippen LogP contribution is 2.30. The van der Waals surface area contributed by atoms with E-state index in [-0.39, 0.29) is 30.6 Å². The molecule has 0 unspecified atom stereocenters. The Kier molecular flexibility index (Phi) is 6.66. The zero-order valence-electron chi connectivity index (χ0n) is 17.0. The third kappa shape index (κ3) is 5.41. The first-order valence-electron chi connectivity index (χ1n) is 10.2. The predicted molar refractivity (Wildman–Crippen MR) is 115 cm³/mol. The Morgan fingerprint density at radius 3 is 2.62 bits per heavy atom. The van der Waals surface area contributed by atoms with Crippen molar-refractivity contribution in [1.29, 1.82) is 0 Å². The largest absolute Gasteiger partial charge is 0.440 e. The van der Waals surface area contributed by atoms with Crippen LogP contribution in [-0.2, 0) is 9.59 Å². The van der Waals surface area contributed by atoms with Crippen LogP contribution < -0.4 is 10.6 Å². The van der Waals surface area contributed by atoms with Crippen LogP contribution in [0.15, 0.2) is 40.8 Å². The molecule has 2 aromatic carbocycles. The molecule has 32 heavy (non-hydrogen) atoms. The fourth-order valence-electron chi connectivity index (χ4n) is 3.65. The summed E-state index contributed by atoms with van der Waals surface area (Å²) in [5.74, 6) is -2.03. The lowest BCUT2D eigenvalue weighted by Crippen LogP contribution is -2.43. The van der Waals surface area contributed by atoms with E-state index in [9.17, 15) is 18.4 Å². The van der Waals surface area contributed by atoms with Crippen molar-refractivity contribution in [3.05, 3.63) is 58.9 Å². The molecule has 0 radical (unpaired) electrons. The SMILES string of the molecule is O=C(CN1CCC(c2nc3cc(Cl)ccc3o2)CC1)NCC(=O)Nc1ccc(F)c(F)c1. The van der Waals surface area contributed by atoms with E-state index < -0.39 is 17.5 Å². The fraction of sp³-hybridized carbons (Fsp3) is 0.318. The Hall–Kier alpha value is -3.04. The van der Waals surface area contributed by atoms with Gasteiger partial charge in [0.25, 0.3) is 0 Å². The van der Waals surface area contributed by atoms with E-state index in [1.54, 1.807) is 18.2 Å². The van der Waals surface area contributed by atoms with Crippen LogP contribution in [0.5, 0.6) is 0 Å². The van der Waals surface area contributed by atoms with E-state index in [4.69, 9.17) is 16.0 Å². The number of anilines is 1. The average Bonchev–Trinajstić information content (AvgIpc) is 3.18. The maximum Gasteiger partial charge on any atom is 0.243 e. The van der Waals surface area contributed by atoms with Crippen molar-refractivity contribution in [1.82, 2.24) is 15.2 Å². The third-order valence-corrected chi connectivity index (χ3v) is 5.55. The van der Waals surface area contributed by atoms with Crippen molar-refractivity contribution >= 4 is 40.2 Å². The first-order chi connectivity index (χ1) is 15.4. The second-order valence-electron chi connectivity index (χ2n) is 7.67. The van der Waals surface area contributed by atoms with Gasteiger partial charge in [-0.2, -0.15) is 0 Å². The van der Waals surface area contributed by atoms with Gasteiger partial charge in [-0.25, -0.2) is 13.8 Å². The standard InChI is InChI=1S/C22H21ClF2N4O3/c23-14-1-4-19-18(9-14)28-22(32-19)13-5-7-29(8-6-13)12-21(31)26-11-20(30)27-15-2-3-16(24)17(25)10-15/h1-4,9-10,13H,5-8,11-12H2,(H,26,31)(H,27,30). The lowest BCUT2D eigenvalue weighted by molar-refractivity contribution is -0.125. The number of fused-ring (bicyclic) bond motifs is 1. The number of amides is 2. The molecule has 1 aliphatic rings. The van der Waals surface area contributed by atoms with E-state index in [1.165, 1.54) is 6.07 Å². The topological polar surface area (TPSA) is 87.5 Å². The van der Waals surface area contributed by atoms with Crippen molar-refractivity contribution in [2.24, 2.45) is 0 Å². The van der Waals surface area contributed by atoms with Gasteiger partial charge in [-0.1, -0.05) is 11.6 Å². The molecule has 7 nitrogen and oxygen atoms in total. The number of nitrogens with one attached hydrogen (secondary N) is 2. The predicted octanol–water partition coefficient (Wildman–Crippen LogP) is 3.69. The summed E-state index contributed by atoms with van der Waals surface area (Å²) in [5.41, 5.74) is 1.55. The number of halogens is 3. The number of likely N-dealkylation sites (tertiary alicyclic amines) is 1. The van der Waals surface area contributed by atoms with Crippen molar-refractivity contribution in [3.8, 4) is 0 Å². The number of carbonyl (C=O) groups excluding carboxylic acids is 2. The van der Waals surface area contributed by atoms with Crippen molar-refractivity contribution in [2.75, 3.05) is 31.5 Å². The van der Waals surface area contributed by atoms with Crippen molar-refractivity contribution < 1.29 is 22.8 Å². The first-order valence-corrected chi connectivity index (χ1v) is 10.5. The molecule has 0 spiro atoms. The number of hydrogen-bond acceptors (Lipinski definition) is 5. The number of piperidine rings is 1. The van der Waals surface area contributed by atoms with Crippen LogP contribution in [-0.4, -0.2) is 47.9 Å². The second kappa shape index (κ2) is 9.62. The van der Waals surface area contributed by atoms with Gasteiger partial charge < -0.3 is 15.1 Å². The maximum absolute atomic E-state index is 13.2. The van der Waals surface area contributed by atoms with Crippen LogP contribution in [0.1, 0.15) is 24.7 Å². The number of nitrogens with zero attached hydrogens (tertiary/aromatic N) is 2. The molecule has 2 N–H and O–H groups in total. The lowest BCUT2D eigenvalue weighted by Gasteiger charge is -2.29. The van der Waals surface area contributed by atoms with E-state index in [2.05, 4.69) is 15.6 Å². The molecule has 0 bridgehead atoms. The van der Waals surface area contributed by atoms with Gasteiger partial charge in [-0.15, -0.1) is 0 Å². The first kappa shape index (κ1) is 22.2. The van der Waals surface area contributed by atoms with Gasteiger partial charge in [-0.3, -0.25) is 14.5 Å². The summed E-state index contributed by atoms with van der Waals surface area (Å²) < 4.78 is 32.0. The van der Waals surface area contributed by atoms with Gasteiger partial charge in [-0.05, 0) is 56.3 Å². The second-order valence-corrected chi connectivity index (χ2v) is 8.10. The molecule has 0 aliphatic carbocycles. The summed E-state index contributed by atoms with van der Waals surface area (Å²) in [6, 6.07) is 8.38. The van der Waals surface area contributed by atoms with Crippen LogP contribution in [0, 0.1) is 11.6 Å². The fourth-order valence-corrected chi connectivity index (χ4v) is 3.81. The Bertz CT molecular complexity index is 1150. The highest BCUT2D eigenvalue weighted by molar-refractivity contribution is 6.31. The highest BCUT2D eigenvalue weighted by Gasteiger charge is 2.25. The summed E-state index contributed by atoms with van der Waals surface area (Å²) in [7, 11) is 0. The van der Waals surface area contributed by atoms with Crippen LogP contribution in [0.25, 0.3) is 11.1 Å². The summed E-state index contributed by atoms with van der Waals surface area (Å²) in [4.78, 5) is 30.6. The number of hydrogen-bond donors (Lipinski definition) is 2. The average molecular weight is 463 g/mol. The van der Waals surface area contributed by atoms with Crippen LogP contribution in [0.3, 0.4) is 0 Å². The Labute approximate surface area is 187 Å². The molecule has 0 saturated carbocycles. The molecule has 4 rings (SSSR count). The van der Waals surface area contributed by atoms with E-state index in [0.717, 1.165) is 30.5 Å². The van der Waals surface area contributed by atoms with E-state index >= 15 is 0 Å². The molecule has 1 aromatic heterocycles. The highest BCUT2D eigenvalue weighted by atomic mass is 35.5. The normalized spacial score (nSPS) is 15.1. The molecule has 1 fully saturated rings. The number of rotatable bonds is 6. The summed E-state index contributed by atoms with van der Waals surface area (Å²) in [5, 5.41) is 5.55. The number of carbonyl (C=O) groups is 2. The van der Waals surface area contributed by atoms with Gasteiger partial charge >= 0.3 is 0 Å². The molecule has 168 valence electrons. The van der Waals surface area contributed by atoms with Crippen LogP contribution in [0.4, 0.5) is 14.5 Å². The molecule has 1 aliphatic heterocycles. The smallest absolute Gasteiger partial charge is 0.243 e. The zero-order chi connectivity index (χ0) is 22.7. The van der Waals surface area contributed by atoms with Gasteiger partial charge in [0.05, 0.1) is 13.1 Å². The molecule has 0 atom stereocenters. The Morgan fingerprint density at radius 2 is 1.88 bits per heavy atom. The molecule has 2 heterocycles. The molecule has 3 aromatic rings. The third-order valence-electron chi connectivity index (χ3n) is 5.32. The van der Waals surface area contributed by atoms with Crippen molar-refractivity contribution in [3.63, 3.8) is 0 Å². The van der Waals surface area contributed by atoms with E-state index in [1.807, 2.05) is 4.90 Å². The lowest BCUT2D eigenvalue weighted by atomic mass is 9.97. The molecule has 10 heteroatoms.